The Hall–Kier alpha value is -0.220. The molecule has 0 aromatic rings. The number of nitrogens with zero attached hydrogens (tertiary/aromatic N) is 1. The molecule has 4 heteroatoms. The third-order valence-corrected chi connectivity index (χ3v) is 3.83. The summed E-state index contributed by atoms with van der Waals surface area (Å²) in [6, 6.07) is 0.241. The largest absolute Gasteiger partial charge is 0.308 e. The molecule has 0 bridgehead atoms. The molecular weight excluding hydrogens is 198 g/mol. The lowest BCUT2D eigenvalue weighted by atomic mass is 9.92. The molecule has 1 N–H and O–H groups in total. The Balaban J connectivity index is 1.97. The van der Waals surface area contributed by atoms with Crippen molar-refractivity contribution in [1.82, 2.24) is 10.2 Å². The Morgan fingerprint density at radius 2 is 2.07 bits per heavy atom. The molecule has 1 spiro atoms. The van der Waals surface area contributed by atoms with E-state index in [1.54, 1.807) is 0 Å². The second kappa shape index (κ2) is 4.34. The average Bonchev–Trinajstić information content (AvgIpc) is 2.60. The van der Waals surface area contributed by atoms with Crippen molar-refractivity contribution in [3.63, 3.8) is 0 Å². The van der Waals surface area contributed by atoms with E-state index in [1.165, 1.54) is 12.8 Å². The highest BCUT2D eigenvalue weighted by Crippen LogP contribution is 2.33. The molecule has 1 unspecified atom stereocenters. The van der Waals surface area contributed by atoms with Gasteiger partial charge in [0.05, 0.1) is 6.54 Å². The molecule has 2 aliphatic rings. The van der Waals surface area contributed by atoms with Gasteiger partial charge >= 0.3 is 0 Å². The highest BCUT2D eigenvalue weighted by Gasteiger charge is 2.40. The molecule has 0 amide bonds. The van der Waals surface area contributed by atoms with Crippen LogP contribution in [0.25, 0.3) is 0 Å². The van der Waals surface area contributed by atoms with Crippen molar-refractivity contribution in [3.8, 4) is 0 Å². The molecule has 1 heterocycles. The summed E-state index contributed by atoms with van der Waals surface area (Å²) in [4.78, 5) is 1.95. The van der Waals surface area contributed by atoms with E-state index >= 15 is 0 Å². The predicted octanol–water partition coefficient (Wildman–Crippen LogP) is 1.86. The third kappa shape index (κ3) is 2.48. The molecule has 2 rings (SSSR count). The maximum atomic E-state index is 12.4. The minimum Gasteiger partial charge on any atom is -0.308 e. The number of hydrogen-bond donors (Lipinski definition) is 1. The zero-order valence-corrected chi connectivity index (χ0v) is 9.31. The van der Waals surface area contributed by atoms with E-state index in [4.69, 9.17) is 0 Å². The maximum Gasteiger partial charge on any atom is 0.251 e. The van der Waals surface area contributed by atoms with Crippen LogP contribution in [0.1, 0.15) is 32.6 Å². The lowest BCUT2D eigenvalue weighted by Crippen LogP contribution is -2.63. The Morgan fingerprint density at radius 1 is 1.40 bits per heavy atom. The number of rotatable bonds is 2. The van der Waals surface area contributed by atoms with Gasteiger partial charge in [-0.3, -0.25) is 4.90 Å². The fourth-order valence-electron chi connectivity index (χ4n) is 2.90. The van der Waals surface area contributed by atoms with Crippen molar-refractivity contribution in [2.75, 3.05) is 19.6 Å². The van der Waals surface area contributed by atoms with E-state index in [2.05, 4.69) is 5.32 Å². The van der Waals surface area contributed by atoms with Crippen LogP contribution < -0.4 is 5.32 Å². The first-order valence-corrected chi connectivity index (χ1v) is 5.89. The summed E-state index contributed by atoms with van der Waals surface area (Å²) in [6.07, 6.45) is 2.58. The van der Waals surface area contributed by atoms with Crippen LogP contribution in [-0.2, 0) is 0 Å². The smallest absolute Gasteiger partial charge is 0.251 e. The van der Waals surface area contributed by atoms with Crippen LogP contribution in [0, 0.1) is 0 Å². The van der Waals surface area contributed by atoms with Crippen molar-refractivity contribution < 1.29 is 8.78 Å². The SMILES string of the molecule is CC1CNC2(CCCC2)CN1CC(F)F. The predicted molar refractivity (Wildman–Crippen MR) is 56.2 cm³/mol. The van der Waals surface area contributed by atoms with Crippen LogP contribution in [0.4, 0.5) is 8.78 Å². The van der Waals surface area contributed by atoms with Crippen LogP contribution >= 0.6 is 0 Å². The molecule has 2 nitrogen and oxygen atoms in total. The van der Waals surface area contributed by atoms with Gasteiger partial charge in [0.25, 0.3) is 6.43 Å². The van der Waals surface area contributed by atoms with Crippen LogP contribution in [0.5, 0.6) is 0 Å². The Labute approximate surface area is 90.0 Å². The van der Waals surface area contributed by atoms with Crippen molar-refractivity contribution in [2.24, 2.45) is 0 Å². The van der Waals surface area contributed by atoms with Gasteiger partial charge in [0, 0.05) is 24.7 Å². The standard InChI is InChI=1S/C11H20F2N2/c1-9-6-14-11(4-2-3-5-11)8-15(9)7-10(12)13/h9-10,14H,2-8H2,1H3. The summed E-state index contributed by atoms with van der Waals surface area (Å²) in [5, 5.41) is 3.56. The van der Waals surface area contributed by atoms with Gasteiger partial charge < -0.3 is 5.32 Å². The van der Waals surface area contributed by atoms with E-state index in [9.17, 15) is 8.78 Å². The minimum absolute atomic E-state index is 0.0649. The van der Waals surface area contributed by atoms with Crippen LogP contribution in [-0.4, -0.2) is 42.5 Å². The molecule has 88 valence electrons. The summed E-state index contributed by atoms with van der Waals surface area (Å²) in [5.41, 5.74) is 0.154. The highest BCUT2D eigenvalue weighted by molar-refractivity contribution is 5.00. The number of halogens is 2. The van der Waals surface area contributed by atoms with Gasteiger partial charge in [-0.2, -0.15) is 0 Å². The zero-order valence-electron chi connectivity index (χ0n) is 9.31. The molecule has 1 saturated carbocycles. The van der Waals surface area contributed by atoms with Gasteiger partial charge in [-0.05, 0) is 19.8 Å². The summed E-state index contributed by atoms with van der Waals surface area (Å²) < 4.78 is 24.8. The van der Waals surface area contributed by atoms with Crippen molar-refractivity contribution in [2.45, 2.75) is 50.6 Å². The number of hydrogen-bond acceptors (Lipinski definition) is 2. The first kappa shape index (κ1) is 11.3. The Morgan fingerprint density at radius 3 is 2.67 bits per heavy atom. The van der Waals surface area contributed by atoms with Crippen molar-refractivity contribution in [1.29, 1.82) is 0 Å². The van der Waals surface area contributed by atoms with Crippen molar-refractivity contribution in [3.05, 3.63) is 0 Å². The van der Waals surface area contributed by atoms with Gasteiger partial charge in [-0.25, -0.2) is 8.78 Å². The summed E-state index contributed by atoms with van der Waals surface area (Å²) in [5.74, 6) is 0. The molecule has 0 radical (unpaired) electrons. The fourth-order valence-corrected chi connectivity index (χ4v) is 2.90. The molecular formula is C11H20F2N2. The molecule has 1 saturated heterocycles. The van der Waals surface area contributed by atoms with Gasteiger partial charge in [0.1, 0.15) is 0 Å². The van der Waals surface area contributed by atoms with E-state index in [0.29, 0.717) is 0 Å². The van der Waals surface area contributed by atoms with E-state index in [1.807, 2.05) is 11.8 Å². The van der Waals surface area contributed by atoms with Gasteiger partial charge in [0.2, 0.25) is 0 Å². The highest BCUT2D eigenvalue weighted by atomic mass is 19.3. The number of piperazine rings is 1. The van der Waals surface area contributed by atoms with Crippen LogP contribution in [0.2, 0.25) is 0 Å². The molecule has 2 fully saturated rings. The normalized spacial score (nSPS) is 31.6. The second-order valence-corrected chi connectivity index (χ2v) is 5.04. The van der Waals surface area contributed by atoms with Crippen molar-refractivity contribution >= 4 is 0 Å². The molecule has 1 aliphatic carbocycles. The number of alkyl halides is 2. The summed E-state index contributed by atoms with van der Waals surface area (Å²) in [6.45, 7) is 3.62. The summed E-state index contributed by atoms with van der Waals surface area (Å²) in [7, 11) is 0. The minimum atomic E-state index is -2.20. The topological polar surface area (TPSA) is 15.3 Å². The molecule has 1 atom stereocenters. The monoisotopic (exact) mass is 218 g/mol. The fraction of sp³-hybridized carbons (Fsp3) is 1.00. The van der Waals surface area contributed by atoms with E-state index < -0.39 is 6.43 Å². The Bertz CT molecular complexity index is 215. The lowest BCUT2D eigenvalue weighted by molar-refractivity contribution is 0.0265. The molecule has 0 aromatic carbocycles. The first-order chi connectivity index (χ1) is 7.11. The molecule has 1 aliphatic heterocycles. The maximum absolute atomic E-state index is 12.4. The van der Waals surface area contributed by atoms with Gasteiger partial charge in [-0.1, -0.05) is 12.8 Å². The van der Waals surface area contributed by atoms with E-state index in [0.717, 1.165) is 25.9 Å². The second-order valence-electron chi connectivity index (χ2n) is 5.04. The van der Waals surface area contributed by atoms with Gasteiger partial charge in [0.15, 0.2) is 0 Å². The van der Waals surface area contributed by atoms with E-state index in [-0.39, 0.29) is 18.1 Å². The molecule has 0 aromatic heterocycles. The zero-order chi connectivity index (χ0) is 10.9. The lowest BCUT2D eigenvalue weighted by Gasteiger charge is -2.45. The van der Waals surface area contributed by atoms with Gasteiger partial charge in [-0.15, -0.1) is 0 Å². The Kier molecular flexibility index (Phi) is 3.26. The average molecular weight is 218 g/mol. The quantitative estimate of drug-likeness (QED) is 0.761. The van der Waals surface area contributed by atoms with Crippen LogP contribution in [0.3, 0.4) is 0 Å². The summed E-state index contributed by atoms with van der Waals surface area (Å²) >= 11 is 0. The first-order valence-electron chi connectivity index (χ1n) is 5.89. The molecule has 15 heavy (non-hydrogen) atoms. The van der Waals surface area contributed by atoms with Crippen LogP contribution in [0.15, 0.2) is 0 Å². The number of nitrogens with one attached hydrogen (secondary N) is 1. The third-order valence-electron chi connectivity index (χ3n) is 3.83.